The standard InChI is InChI=1S/C39H34FN3O2S/c1-24-34(32(40)23-31-35(24)43(30-18-19-30)38(45)41-37(31)44)33-22-26-20-21-42(25(2)36(26)46-33)39(27-12-6-3-7-13-27,28-14-8-4-9-15-28)29-16-10-5-11-17-29/h3-17,22-23,25,30H,18-21H2,1-2H3,(H,41,44,45). The predicted molar refractivity (Wildman–Crippen MR) is 183 cm³/mol. The van der Waals surface area contributed by atoms with E-state index in [1.54, 1.807) is 15.9 Å². The predicted octanol–water partition coefficient (Wildman–Crippen LogP) is 8.11. The molecule has 8 rings (SSSR count). The van der Waals surface area contributed by atoms with Crippen molar-refractivity contribution in [2.45, 2.75) is 50.7 Å². The molecular weight excluding hydrogens is 594 g/mol. The molecule has 7 heteroatoms. The van der Waals surface area contributed by atoms with Crippen molar-refractivity contribution >= 4 is 22.2 Å². The van der Waals surface area contributed by atoms with Crippen molar-refractivity contribution < 1.29 is 4.39 Å². The van der Waals surface area contributed by atoms with Crippen LogP contribution in [0.5, 0.6) is 0 Å². The molecular formula is C39H34FN3O2S. The lowest BCUT2D eigenvalue weighted by molar-refractivity contribution is 0.101. The van der Waals surface area contributed by atoms with Crippen LogP contribution in [0, 0.1) is 12.7 Å². The first-order valence-corrected chi connectivity index (χ1v) is 16.7. The van der Waals surface area contributed by atoms with Gasteiger partial charge in [0.15, 0.2) is 0 Å². The first kappa shape index (κ1) is 28.9. The lowest BCUT2D eigenvalue weighted by Crippen LogP contribution is -2.51. The molecule has 0 radical (unpaired) electrons. The van der Waals surface area contributed by atoms with Gasteiger partial charge in [-0.15, -0.1) is 11.3 Å². The molecule has 1 fully saturated rings. The summed E-state index contributed by atoms with van der Waals surface area (Å²) in [6, 6.07) is 35.6. The fourth-order valence-corrected chi connectivity index (χ4v) is 9.13. The molecule has 0 amide bonds. The van der Waals surface area contributed by atoms with Crippen LogP contribution in [0.1, 0.15) is 64.5 Å². The minimum absolute atomic E-state index is 0.0134. The summed E-state index contributed by atoms with van der Waals surface area (Å²) in [5.41, 5.74) is 4.94. The number of hydrogen-bond acceptors (Lipinski definition) is 4. The SMILES string of the molecule is Cc1c(-c2cc3c(s2)C(C)N(C(c2ccccc2)(c2ccccc2)c2ccccc2)CC3)c(F)cc2c(=O)[nH]c(=O)n(C3CC3)c12. The van der Waals surface area contributed by atoms with E-state index in [2.05, 4.69) is 114 Å². The molecule has 0 spiro atoms. The van der Waals surface area contributed by atoms with Gasteiger partial charge in [-0.2, -0.15) is 0 Å². The molecule has 3 heterocycles. The summed E-state index contributed by atoms with van der Waals surface area (Å²) in [5, 5.41) is 0.226. The van der Waals surface area contributed by atoms with Crippen molar-refractivity contribution in [3.8, 4) is 10.4 Å². The number of aromatic nitrogens is 2. The zero-order chi connectivity index (χ0) is 31.6. The second kappa shape index (κ2) is 11.0. The summed E-state index contributed by atoms with van der Waals surface area (Å²) in [4.78, 5) is 32.7. The van der Waals surface area contributed by atoms with Crippen LogP contribution in [0.2, 0.25) is 0 Å². The van der Waals surface area contributed by atoms with Crippen molar-refractivity contribution in [3.63, 3.8) is 0 Å². The normalized spacial score (nSPS) is 16.9. The maximum Gasteiger partial charge on any atom is 0.329 e. The summed E-state index contributed by atoms with van der Waals surface area (Å²) < 4.78 is 17.7. The van der Waals surface area contributed by atoms with Crippen molar-refractivity contribution in [1.29, 1.82) is 0 Å². The third-order valence-corrected chi connectivity index (χ3v) is 11.3. The van der Waals surface area contributed by atoms with Gasteiger partial charge in [-0.3, -0.25) is 19.2 Å². The van der Waals surface area contributed by atoms with E-state index in [0.717, 1.165) is 30.7 Å². The number of halogens is 1. The van der Waals surface area contributed by atoms with E-state index in [9.17, 15) is 9.59 Å². The molecule has 5 nitrogen and oxygen atoms in total. The van der Waals surface area contributed by atoms with Crippen molar-refractivity contribution in [1.82, 2.24) is 14.5 Å². The average molecular weight is 628 g/mol. The number of thiophene rings is 1. The van der Waals surface area contributed by atoms with Gasteiger partial charge in [0.2, 0.25) is 0 Å². The van der Waals surface area contributed by atoms with Gasteiger partial charge in [-0.25, -0.2) is 9.18 Å². The van der Waals surface area contributed by atoms with Gasteiger partial charge in [-0.05, 0) is 73.1 Å². The average Bonchev–Trinajstić information content (AvgIpc) is 3.82. The van der Waals surface area contributed by atoms with Crippen LogP contribution in [0.15, 0.2) is 113 Å². The maximum absolute atomic E-state index is 16.0. The van der Waals surface area contributed by atoms with E-state index in [0.29, 0.717) is 16.6 Å². The molecule has 1 saturated carbocycles. The molecule has 0 saturated heterocycles. The zero-order valence-electron chi connectivity index (χ0n) is 25.8. The lowest BCUT2D eigenvalue weighted by Gasteiger charge is -2.50. The minimum atomic E-state index is -0.559. The first-order valence-electron chi connectivity index (χ1n) is 15.9. The molecule has 2 aromatic heterocycles. The molecule has 1 N–H and O–H groups in total. The highest BCUT2D eigenvalue weighted by atomic mass is 32.1. The van der Waals surface area contributed by atoms with E-state index in [4.69, 9.17) is 0 Å². The Balaban J connectivity index is 1.31. The molecule has 1 atom stereocenters. The number of hydrogen-bond donors (Lipinski definition) is 1. The molecule has 6 aromatic rings. The molecule has 1 unspecified atom stereocenters. The number of rotatable bonds is 6. The Kier molecular flexibility index (Phi) is 6.92. The van der Waals surface area contributed by atoms with Crippen LogP contribution in [0.25, 0.3) is 21.3 Å². The van der Waals surface area contributed by atoms with Crippen molar-refractivity contribution in [3.05, 3.63) is 162 Å². The number of H-pyrrole nitrogens is 1. The monoisotopic (exact) mass is 627 g/mol. The smallest absolute Gasteiger partial charge is 0.290 e. The number of benzene rings is 4. The van der Waals surface area contributed by atoms with Crippen LogP contribution in [0.4, 0.5) is 4.39 Å². The van der Waals surface area contributed by atoms with E-state index in [1.165, 1.54) is 33.2 Å². The highest BCUT2D eigenvalue weighted by molar-refractivity contribution is 7.15. The van der Waals surface area contributed by atoms with E-state index >= 15 is 4.39 Å². The minimum Gasteiger partial charge on any atom is -0.290 e. The Morgan fingerprint density at radius 3 is 1.96 bits per heavy atom. The lowest BCUT2D eigenvalue weighted by atomic mass is 9.74. The molecule has 230 valence electrons. The van der Waals surface area contributed by atoms with Gasteiger partial charge in [0.05, 0.1) is 16.4 Å². The Morgan fingerprint density at radius 1 is 0.848 bits per heavy atom. The molecule has 1 aliphatic heterocycles. The summed E-state index contributed by atoms with van der Waals surface area (Å²) in [6.45, 7) is 4.91. The fraction of sp³-hybridized carbons (Fsp3) is 0.231. The maximum atomic E-state index is 16.0. The van der Waals surface area contributed by atoms with Gasteiger partial charge in [0.25, 0.3) is 5.56 Å². The molecule has 1 aliphatic carbocycles. The second-order valence-electron chi connectivity index (χ2n) is 12.5. The Labute approximate surface area is 270 Å². The van der Waals surface area contributed by atoms with Gasteiger partial charge < -0.3 is 0 Å². The van der Waals surface area contributed by atoms with Gasteiger partial charge in [0, 0.05) is 33.9 Å². The third-order valence-electron chi connectivity index (χ3n) is 9.89. The van der Waals surface area contributed by atoms with Crippen LogP contribution in [0.3, 0.4) is 0 Å². The quantitative estimate of drug-likeness (QED) is 0.190. The number of fused-ring (bicyclic) bond motifs is 2. The third kappa shape index (κ3) is 4.37. The van der Waals surface area contributed by atoms with Gasteiger partial charge in [0.1, 0.15) is 5.82 Å². The van der Waals surface area contributed by atoms with Crippen LogP contribution in [-0.4, -0.2) is 21.0 Å². The molecule has 0 bridgehead atoms. The number of nitrogens with one attached hydrogen (secondary N) is 1. The Hall–Kier alpha value is -4.59. The van der Waals surface area contributed by atoms with Crippen LogP contribution < -0.4 is 11.2 Å². The van der Waals surface area contributed by atoms with E-state index in [-0.39, 0.29) is 17.5 Å². The summed E-state index contributed by atoms with van der Waals surface area (Å²) >= 11 is 1.62. The van der Waals surface area contributed by atoms with E-state index < -0.39 is 22.6 Å². The Morgan fingerprint density at radius 2 is 1.41 bits per heavy atom. The molecule has 4 aromatic carbocycles. The number of aryl methyl sites for hydroxylation is 1. The number of nitrogens with zero attached hydrogens (tertiary/aromatic N) is 2. The highest BCUT2D eigenvalue weighted by Gasteiger charge is 2.46. The fourth-order valence-electron chi connectivity index (χ4n) is 7.74. The Bertz CT molecular complexity index is 2110. The van der Waals surface area contributed by atoms with Gasteiger partial charge in [-0.1, -0.05) is 91.0 Å². The largest absolute Gasteiger partial charge is 0.329 e. The second-order valence-corrected chi connectivity index (χ2v) is 13.6. The van der Waals surface area contributed by atoms with Crippen LogP contribution >= 0.6 is 11.3 Å². The first-order chi connectivity index (χ1) is 22.4. The van der Waals surface area contributed by atoms with Crippen LogP contribution in [-0.2, 0) is 12.0 Å². The van der Waals surface area contributed by atoms with Crippen molar-refractivity contribution in [2.75, 3.05) is 6.54 Å². The number of aromatic amines is 1. The van der Waals surface area contributed by atoms with Crippen molar-refractivity contribution in [2.24, 2.45) is 0 Å². The molecule has 2 aliphatic rings. The summed E-state index contributed by atoms with van der Waals surface area (Å²) in [5.74, 6) is -0.438. The van der Waals surface area contributed by atoms with E-state index in [1.807, 2.05) is 6.92 Å². The zero-order valence-corrected chi connectivity index (χ0v) is 26.6. The highest BCUT2D eigenvalue weighted by Crippen LogP contribution is 2.51. The topological polar surface area (TPSA) is 58.1 Å². The summed E-state index contributed by atoms with van der Waals surface area (Å²) in [7, 11) is 0. The van der Waals surface area contributed by atoms with Gasteiger partial charge >= 0.3 is 5.69 Å². The molecule has 46 heavy (non-hydrogen) atoms. The summed E-state index contributed by atoms with van der Waals surface area (Å²) in [6.07, 6.45) is 2.56.